The van der Waals surface area contributed by atoms with Crippen LogP contribution < -0.4 is 21.0 Å². The van der Waals surface area contributed by atoms with Crippen molar-refractivity contribution in [3.8, 4) is 0 Å². The summed E-state index contributed by atoms with van der Waals surface area (Å²) in [6.07, 6.45) is 4.40. The number of nitrogens with zero attached hydrogens (tertiary/aromatic N) is 2. The molecule has 0 aromatic heterocycles. The van der Waals surface area contributed by atoms with Crippen LogP contribution in [0.3, 0.4) is 0 Å². The number of hydrogen-bond acceptors (Lipinski definition) is 6. The molecule has 1 aliphatic heterocycles. The Morgan fingerprint density at radius 2 is 1.81 bits per heavy atom. The zero-order chi connectivity index (χ0) is 26.5. The Bertz CT molecular complexity index is 1250. The Hall–Kier alpha value is -3.53. The van der Waals surface area contributed by atoms with Gasteiger partial charge in [-0.15, -0.1) is 0 Å². The number of ether oxygens (including phenoxy) is 1. The van der Waals surface area contributed by atoms with Crippen molar-refractivity contribution in [2.75, 3.05) is 30.4 Å². The van der Waals surface area contributed by atoms with Gasteiger partial charge in [0, 0.05) is 18.7 Å². The van der Waals surface area contributed by atoms with Crippen LogP contribution in [0, 0.1) is 5.82 Å². The maximum Gasteiger partial charge on any atom is 0.414 e. The average Bonchev–Trinajstić information content (AvgIpc) is 3.17. The van der Waals surface area contributed by atoms with Crippen LogP contribution >= 0.6 is 12.2 Å². The standard InChI is InChI=1S/C27H31FN4O4S/c1-17(37)29-15-21-16-32(27(35)36-21)20-10-12-23(22(28)14-20)30-24-11-8-18(9-13-25(24)33)26(34)31(2)19-6-4-3-5-7-19/h8-14,19,21H,3-7,15-16H2,1-2H3,(H,29,37)(H,30,33)/t21-/m0/s1. The maximum absolute atomic E-state index is 15.0. The molecular weight excluding hydrogens is 495 g/mol. The molecule has 1 heterocycles. The van der Waals surface area contributed by atoms with E-state index in [2.05, 4.69) is 10.6 Å². The van der Waals surface area contributed by atoms with Crippen molar-refractivity contribution in [3.05, 3.63) is 64.1 Å². The molecule has 1 saturated heterocycles. The van der Waals surface area contributed by atoms with Crippen molar-refractivity contribution in [1.29, 1.82) is 0 Å². The molecule has 196 valence electrons. The molecule has 1 atom stereocenters. The van der Waals surface area contributed by atoms with Gasteiger partial charge in [-0.25, -0.2) is 9.18 Å². The molecule has 0 bridgehead atoms. The monoisotopic (exact) mass is 526 g/mol. The largest absolute Gasteiger partial charge is 0.442 e. The summed E-state index contributed by atoms with van der Waals surface area (Å²) >= 11 is 4.98. The zero-order valence-electron chi connectivity index (χ0n) is 21.0. The third-order valence-electron chi connectivity index (χ3n) is 6.79. The minimum Gasteiger partial charge on any atom is -0.442 e. The van der Waals surface area contributed by atoms with Crippen LogP contribution in [0.1, 0.15) is 49.4 Å². The molecule has 2 aromatic carbocycles. The van der Waals surface area contributed by atoms with Crippen molar-refractivity contribution < 1.29 is 18.7 Å². The first kappa shape index (κ1) is 26.5. The quantitative estimate of drug-likeness (QED) is 0.510. The highest BCUT2D eigenvalue weighted by Gasteiger charge is 2.32. The lowest BCUT2D eigenvalue weighted by atomic mass is 9.94. The van der Waals surface area contributed by atoms with Gasteiger partial charge in [0.25, 0.3) is 5.91 Å². The Morgan fingerprint density at radius 1 is 1.11 bits per heavy atom. The second-order valence-electron chi connectivity index (χ2n) is 9.45. The van der Waals surface area contributed by atoms with Gasteiger partial charge in [-0.05, 0) is 62.2 Å². The van der Waals surface area contributed by atoms with E-state index < -0.39 is 18.0 Å². The first-order chi connectivity index (χ1) is 17.7. The zero-order valence-corrected chi connectivity index (χ0v) is 21.8. The van der Waals surface area contributed by atoms with Crippen LogP contribution in [-0.2, 0) is 4.74 Å². The highest BCUT2D eigenvalue weighted by atomic mass is 32.1. The van der Waals surface area contributed by atoms with E-state index in [0.717, 1.165) is 25.7 Å². The van der Waals surface area contributed by atoms with E-state index >= 15 is 0 Å². The predicted molar refractivity (Wildman–Crippen MR) is 145 cm³/mol. The second kappa shape index (κ2) is 11.7. The van der Waals surface area contributed by atoms with Gasteiger partial charge in [0.15, 0.2) is 0 Å². The number of hydrogen-bond donors (Lipinski definition) is 2. The highest BCUT2D eigenvalue weighted by Crippen LogP contribution is 2.27. The van der Waals surface area contributed by atoms with Gasteiger partial charge in [0.2, 0.25) is 5.43 Å². The number of carbonyl (C=O) groups excluding carboxylic acids is 2. The smallest absolute Gasteiger partial charge is 0.414 e. The lowest BCUT2D eigenvalue weighted by Crippen LogP contribution is -2.38. The highest BCUT2D eigenvalue weighted by molar-refractivity contribution is 7.80. The third-order valence-corrected chi connectivity index (χ3v) is 6.93. The Labute approximate surface area is 220 Å². The van der Waals surface area contributed by atoms with E-state index in [1.165, 1.54) is 41.7 Å². The van der Waals surface area contributed by atoms with Crippen molar-refractivity contribution in [3.63, 3.8) is 0 Å². The summed E-state index contributed by atoms with van der Waals surface area (Å²) in [5.41, 5.74) is 0.563. The number of nitrogens with one attached hydrogen (secondary N) is 2. The second-order valence-corrected chi connectivity index (χ2v) is 10.1. The molecule has 2 fully saturated rings. The summed E-state index contributed by atoms with van der Waals surface area (Å²) in [5.74, 6) is -0.781. The van der Waals surface area contributed by atoms with Crippen LogP contribution in [0.15, 0.2) is 47.3 Å². The number of thiocarbonyl (C=S) groups is 1. The number of amides is 2. The van der Waals surface area contributed by atoms with Gasteiger partial charge < -0.3 is 20.3 Å². The SMILES string of the molecule is CC(=S)NC[C@H]1CN(c2ccc(Nc3ccc(C(=O)N(C)C4CCCCC4)ccc3=O)c(F)c2)C(=O)O1. The fourth-order valence-corrected chi connectivity index (χ4v) is 4.75. The fraction of sp³-hybridized carbons (Fsp3) is 0.407. The number of halogens is 1. The fourth-order valence-electron chi connectivity index (χ4n) is 4.66. The van der Waals surface area contributed by atoms with Gasteiger partial charge in [-0.1, -0.05) is 31.5 Å². The molecule has 10 heteroatoms. The molecule has 2 amide bonds. The van der Waals surface area contributed by atoms with E-state index in [1.807, 2.05) is 0 Å². The van der Waals surface area contributed by atoms with Gasteiger partial charge in [0.05, 0.1) is 35.1 Å². The average molecular weight is 527 g/mol. The third kappa shape index (κ3) is 6.43. The molecule has 1 saturated carbocycles. The number of rotatable bonds is 7. The first-order valence-electron chi connectivity index (χ1n) is 12.4. The normalized spacial score (nSPS) is 17.8. The summed E-state index contributed by atoms with van der Waals surface area (Å²) < 4.78 is 20.3. The van der Waals surface area contributed by atoms with Gasteiger partial charge >= 0.3 is 6.09 Å². The Morgan fingerprint density at radius 3 is 2.51 bits per heavy atom. The molecule has 2 aliphatic rings. The number of cyclic esters (lactones) is 1. The van der Waals surface area contributed by atoms with E-state index in [-0.39, 0.29) is 35.3 Å². The molecule has 2 aromatic rings. The molecule has 4 rings (SSSR count). The van der Waals surface area contributed by atoms with Crippen LogP contribution in [0.25, 0.3) is 0 Å². The van der Waals surface area contributed by atoms with Crippen molar-refractivity contribution in [2.45, 2.75) is 51.2 Å². The summed E-state index contributed by atoms with van der Waals surface area (Å²) in [7, 11) is 1.80. The molecule has 0 unspecified atom stereocenters. The summed E-state index contributed by atoms with van der Waals surface area (Å²) in [4.78, 5) is 41.6. The van der Waals surface area contributed by atoms with Gasteiger partial charge in [-0.3, -0.25) is 14.5 Å². The minimum atomic E-state index is -0.638. The molecule has 0 spiro atoms. The number of anilines is 3. The number of carbonyl (C=O) groups is 2. The summed E-state index contributed by atoms with van der Waals surface area (Å²) in [6, 6.07) is 10.3. The van der Waals surface area contributed by atoms with Crippen LogP contribution in [-0.4, -0.2) is 54.2 Å². The lowest BCUT2D eigenvalue weighted by molar-refractivity contribution is 0.0696. The Kier molecular flexibility index (Phi) is 8.38. The van der Waals surface area contributed by atoms with Gasteiger partial charge in [-0.2, -0.15) is 0 Å². The van der Waals surface area contributed by atoms with E-state index in [4.69, 9.17) is 17.0 Å². The Balaban J connectivity index is 1.46. The van der Waals surface area contributed by atoms with Crippen LogP contribution in [0.5, 0.6) is 0 Å². The van der Waals surface area contributed by atoms with E-state index in [9.17, 15) is 18.8 Å². The van der Waals surface area contributed by atoms with Crippen molar-refractivity contribution in [2.24, 2.45) is 0 Å². The molecule has 37 heavy (non-hydrogen) atoms. The summed E-state index contributed by atoms with van der Waals surface area (Å²) in [5, 5.41) is 5.78. The maximum atomic E-state index is 15.0. The molecule has 2 N–H and O–H groups in total. The molecular formula is C27H31FN4O4S. The molecule has 1 aliphatic carbocycles. The summed E-state index contributed by atoms with van der Waals surface area (Å²) in [6.45, 7) is 2.36. The molecule has 0 radical (unpaired) electrons. The van der Waals surface area contributed by atoms with Crippen LogP contribution in [0.4, 0.5) is 26.2 Å². The molecule has 8 nitrogen and oxygen atoms in total. The number of benzene rings is 1. The lowest BCUT2D eigenvalue weighted by Gasteiger charge is -2.31. The van der Waals surface area contributed by atoms with Gasteiger partial charge in [0.1, 0.15) is 11.9 Å². The topological polar surface area (TPSA) is 91.0 Å². The minimum absolute atomic E-state index is 0.0707. The van der Waals surface area contributed by atoms with E-state index in [1.54, 1.807) is 31.0 Å². The first-order valence-corrected chi connectivity index (χ1v) is 12.8. The van der Waals surface area contributed by atoms with Crippen LogP contribution in [0.2, 0.25) is 0 Å². The van der Waals surface area contributed by atoms with E-state index in [0.29, 0.717) is 22.8 Å². The van der Waals surface area contributed by atoms with Crippen molar-refractivity contribution >= 4 is 46.3 Å². The van der Waals surface area contributed by atoms with Crippen molar-refractivity contribution in [1.82, 2.24) is 10.2 Å². The predicted octanol–water partition coefficient (Wildman–Crippen LogP) is 4.60.